The van der Waals surface area contributed by atoms with E-state index in [-0.39, 0.29) is 5.91 Å². The van der Waals surface area contributed by atoms with Crippen molar-refractivity contribution in [1.82, 2.24) is 4.90 Å². The second-order valence-corrected chi connectivity index (χ2v) is 10.9. The molecule has 0 unspecified atom stereocenters. The molecule has 40 heavy (non-hydrogen) atoms. The maximum Gasteiger partial charge on any atom is 0.266 e. The lowest BCUT2D eigenvalue weighted by Crippen LogP contribution is -2.27. The maximum absolute atomic E-state index is 13.0. The molecule has 210 valence electrons. The normalized spacial score (nSPS) is 14.1. The summed E-state index contributed by atoms with van der Waals surface area (Å²) in [6.45, 7) is 4.13. The fourth-order valence-electron chi connectivity index (χ4n) is 4.11. The first-order valence-electron chi connectivity index (χ1n) is 13.5. The van der Waals surface area contributed by atoms with Gasteiger partial charge in [-0.3, -0.25) is 9.69 Å². The number of ether oxygens (including phenoxy) is 4. The van der Waals surface area contributed by atoms with Crippen LogP contribution in [0.15, 0.2) is 77.7 Å². The van der Waals surface area contributed by atoms with Crippen LogP contribution in [-0.2, 0) is 11.3 Å². The average molecular weight is 578 g/mol. The lowest BCUT2D eigenvalue weighted by atomic mass is 10.1. The summed E-state index contributed by atoms with van der Waals surface area (Å²) in [6.07, 6.45) is 6.57. The summed E-state index contributed by atoms with van der Waals surface area (Å²) in [7, 11) is 1.59. The lowest BCUT2D eigenvalue weighted by molar-refractivity contribution is -0.122. The van der Waals surface area contributed by atoms with Crippen LogP contribution in [0.4, 0.5) is 0 Å². The molecule has 1 saturated heterocycles. The Kier molecular flexibility index (Phi) is 11.3. The summed E-state index contributed by atoms with van der Waals surface area (Å²) in [5, 5.41) is 0. The van der Waals surface area contributed by atoms with Crippen LogP contribution in [0.3, 0.4) is 0 Å². The summed E-state index contributed by atoms with van der Waals surface area (Å²) >= 11 is 6.78. The summed E-state index contributed by atoms with van der Waals surface area (Å²) in [6, 6.07) is 23.1. The number of amides is 1. The van der Waals surface area contributed by atoms with Gasteiger partial charge in [0.2, 0.25) is 0 Å². The number of carbonyl (C=O) groups is 1. The first kappa shape index (κ1) is 29.5. The predicted molar refractivity (Wildman–Crippen MR) is 165 cm³/mol. The van der Waals surface area contributed by atoms with Crippen molar-refractivity contribution in [2.75, 3.05) is 26.9 Å². The quantitative estimate of drug-likeness (QED) is 0.105. The number of methoxy groups -OCH3 is 1. The van der Waals surface area contributed by atoms with Gasteiger partial charge < -0.3 is 18.9 Å². The van der Waals surface area contributed by atoms with Crippen molar-refractivity contribution in [3.63, 3.8) is 0 Å². The number of hydrogen-bond donors (Lipinski definition) is 0. The summed E-state index contributed by atoms with van der Waals surface area (Å²) in [5.74, 6) is 2.69. The molecule has 1 amide bonds. The minimum absolute atomic E-state index is 0.0955. The maximum atomic E-state index is 13.0. The summed E-state index contributed by atoms with van der Waals surface area (Å²) in [5.41, 5.74) is 1.86. The van der Waals surface area contributed by atoms with Gasteiger partial charge in [-0.05, 0) is 60.0 Å². The van der Waals surface area contributed by atoms with Gasteiger partial charge in [-0.2, -0.15) is 0 Å². The highest BCUT2D eigenvalue weighted by atomic mass is 32.2. The second kappa shape index (κ2) is 15.3. The van der Waals surface area contributed by atoms with Crippen molar-refractivity contribution < 1.29 is 23.7 Å². The van der Waals surface area contributed by atoms with Crippen LogP contribution in [0.2, 0.25) is 0 Å². The van der Waals surface area contributed by atoms with E-state index in [4.69, 9.17) is 31.2 Å². The number of hydrogen-bond acceptors (Lipinski definition) is 7. The van der Waals surface area contributed by atoms with Crippen LogP contribution in [0.1, 0.15) is 43.7 Å². The Hall–Kier alpha value is -3.49. The highest BCUT2D eigenvalue weighted by Crippen LogP contribution is 2.35. The fraction of sp³-hybridized carbons (Fsp3) is 0.312. The molecule has 3 aromatic carbocycles. The molecule has 1 aliphatic heterocycles. The minimum Gasteiger partial charge on any atom is -0.494 e. The highest BCUT2D eigenvalue weighted by Gasteiger charge is 2.32. The molecule has 4 rings (SSSR count). The van der Waals surface area contributed by atoms with Crippen molar-refractivity contribution >= 4 is 40.3 Å². The standard InChI is InChI=1S/C32H35NO5S2/c1-3-4-5-9-18-36-26-13-15-27(16-14-26)37-19-20-38-28-17-12-25(21-29(28)35-2)22-30-31(34)33(32(39)40-30)23-24-10-7-6-8-11-24/h6-8,10-17,21-22H,3-5,9,18-20,23H2,1-2H3/b30-22-. The van der Waals surface area contributed by atoms with Gasteiger partial charge in [0.25, 0.3) is 5.91 Å². The van der Waals surface area contributed by atoms with E-state index >= 15 is 0 Å². The Labute approximate surface area is 246 Å². The molecular weight excluding hydrogens is 542 g/mol. The fourth-order valence-corrected chi connectivity index (χ4v) is 5.36. The van der Waals surface area contributed by atoms with Gasteiger partial charge in [-0.25, -0.2) is 0 Å². The molecule has 3 aromatic rings. The number of thiocarbonyl (C=S) groups is 1. The lowest BCUT2D eigenvalue weighted by Gasteiger charge is -2.14. The van der Waals surface area contributed by atoms with Crippen molar-refractivity contribution in [1.29, 1.82) is 0 Å². The van der Waals surface area contributed by atoms with Crippen LogP contribution in [0.5, 0.6) is 23.0 Å². The van der Waals surface area contributed by atoms with Gasteiger partial charge in [0.1, 0.15) is 29.0 Å². The zero-order valence-corrected chi connectivity index (χ0v) is 24.6. The molecule has 1 fully saturated rings. The van der Waals surface area contributed by atoms with Crippen LogP contribution in [0, 0.1) is 0 Å². The molecule has 0 aliphatic carbocycles. The van der Waals surface area contributed by atoms with E-state index < -0.39 is 0 Å². The smallest absolute Gasteiger partial charge is 0.266 e. The van der Waals surface area contributed by atoms with Gasteiger partial charge in [-0.1, -0.05) is 86.6 Å². The molecule has 0 bridgehead atoms. The summed E-state index contributed by atoms with van der Waals surface area (Å²) < 4.78 is 23.6. The number of unbranched alkanes of at least 4 members (excludes halogenated alkanes) is 3. The number of thioether (sulfide) groups is 1. The van der Waals surface area contributed by atoms with Crippen molar-refractivity contribution in [2.45, 2.75) is 39.2 Å². The molecular formula is C32H35NO5S2. The van der Waals surface area contributed by atoms with Crippen LogP contribution in [0.25, 0.3) is 6.08 Å². The SMILES string of the molecule is CCCCCCOc1ccc(OCCOc2ccc(/C=C3\SC(=S)N(Cc4ccccc4)C3=O)cc2OC)cc1. The Morgan fingerprint density at radius 2 is 1.52 bits per heavy atom. The van der Waals surface area contributed by atoms with Crippen LogP contribution < -0.4 is 18.9 Å². The zero-order valence-electron chi connectivity index (χ0n) is 23.0. The largest absolute Gasteiger partial charge is 0.494 e. The molecule has 6 nitrogen and oxygen atoms in total. The third kappa shape index (κ3) is 8.50. The number of benzene rings is 3. The first-order chi connectivity index (χ1) is 19.6. The van der Waals surface area contributed by atoms with E-state index in [0.717, 1.165) is 35.7 Å². The average Bonchev–Trinajstić information content (AvgIpc) is 3.24. The summed E-state index contributed by atoms with van der Waals surface area (Å²) in [4.78, 5) is 15.2. The van der Waals surface area contributed by atoms with Gasteiger partial charge >= 0.3 is 0 Å². The van der Waals surface area contributed by atoms with E-state index in [9.17, 15) is 4.79 Å². The van der Waals surface area contributed by atoms with Gasteiger partial charge in [-0.15, -0.1) is 0 Å². The highest BCUT2D eigenvalue weighted by molar-refractivity contribution is 8.26. The molecule has 0 spiro atoms. The van der Waals surface area contributed by atoms with Crippen LogP contribution >= 0.6 is 24.0 Å². The van der Waals surface area contributed by atoms with E-state index in [1.807, 2.05) is 78.9 Å². The zero-order chi connectivity index (χ0) is 28.2. The monoisotopic (exact) mass is 577 g/mol. The number of carbonyl (C=O) groups excluding carboxylic acids is 1. The molecule has 1 aliphatic rings. The van der Waals surface area contributed by atoms with E-state index in [0.29, 0.717) is 40.5 Å². The third-order valence-corrected chi connectivity index (χ3v) is 7.62. The topological polar surface area (TPSA) is 57.2 Å². The Bertz CT molecular complexity index is 1290. The van der Waals surface area contributed by atoms with Crippen molar-refractivity contribution in [3.8, 4) is 23.0 Å². The Morgan fingerprint density at radius 1 is 0.825 bits per heavy atom. The van der Waals surface area contributed by atoms with Crippen molar-refractivity contribution in [3.05, 3.63) is 88.8 Å². The predicted octanol–water partition coefficient (Wildman–Crippen LogP) is 7.51. The molecule has 0 aromatic heterocycles. The molecule has 0 saturated carbocycles. The van der Waals surface area contributed by atoms with Gasteiger partial charge in [0.05, 0.1) is 25.2 Å². The Morgan fingerprint density at radius 3 is 2.23 bits per heavy atom. The molecule has 0 atom stereocenters. The Balaban J connectivity index is 1.26. The van der Waals surface area contributed by atoms with Gasteiger partial charge in [0.15, 0.2) is 11.5 Å². The molecule has 0 radical (unpaired) electrons. The molecule has 8 heteroatoms. The van der Waals surface area contributed by atoms with Crippen LogP contribution in [-0.4, -0.2) is 42.1 Å². The molecule has 1 heterocycles. The molecule has 0 N–H and O–H groups in total. The third-order valence-electron chi connectivity index (χ3n) is 6.24. The number of rotatable bonds is 15. The van der Waals surface area contributed by atoms with E-state index in [2.05, 4.69) is 6.92 Å². The minimum atomic E-state index is -0.0955. The van der Waals surface area contributed by atoms with Gasteiger partial charge in [0, 0.05) is 0 Å². The van der Waals surface area contributed by atoms with E-state index in [1.165, 1.54) is 31.0 Å². The number of nitrogens with zero attached hydrogens (tertiary/aromatic N) is 1. The van der Waals surface area contributed by atoms with Crippen molar-refractivity contribution in [2.24, 2.45) is 0 Å². The first-order valence-corrected chi connectivity index (χ1v) is 14.8. The van der Waals surface area contributed by atoms with E-state index in [1.54, 1.807) is 12.0 Å². The second-order valence-electron chi connectivity index (χ2n) is 9.24.